The van der Waals surface area contributed by atoms with Crippen LogP contribution in [0.5, 0.6) is 0 Å². The number of halogens is 2. The molecule has 19 heavy (non-hydrogen) atoms. The lowest BCUT2D eigenvalue weighted by molar-refractivity contribution is 0.492. The molecule has 0 unspecified atom stereocenters. The fraction of sp³-hybridized carbons (Fsp3) is 0.385. The Hall–Kier alpha value is -1.46. The molecule has 1 aromatic carbocycles. The molecule has 0 saturated carbocycles. The summed E-state index contributed by atoms with van der Waals surface area (Å²) in [5, 5.41) is 11.2. The highest BCUT2D eigenvalue weighted by Gasteiger charge is 2.10. The first-order chi connectivity index (χ1) is 9.20. The average molecular weight is 284 g/mol. The van der Waals surface area contributed by atoms with Crippen LogP contribution in [0.2, 0.25) is 5.02 Å². The highest BCUT2D eigenvalue weighted by molar-refractivity contribution is 6.31. The molecule has 6 heteroatoms. The van der Waals surface area contributed by atoms with Gasteiger partial charge in [0, 0.05) is 12.0 Å². The lowest BCUT2D eigenvalue weighted by atomic mass is 10.2. The van der Waals surface area contributed by atoms with Crippen molar-refractivity contribution >= 4 is 11.6 Å². The summed E-state index contributed by atoms with van der Waals surface area (Å²) < 4.78 is 18.6. The van der Waals surface area contributed by atoms with E-state index >= 15 is 0 Å². The van der Waals surface area contributed by atoms with Crippen LogP contribution in [0.4, 0.5) is 4.39 Å². The number of aromatic nitrogens is 2. The summed E-state index contributed by atoms with van der Waals surface area (Å²) >= 11 is 5.72. The first-order valence-corrected chi connectivity index (χ1v) is 6.57. The molecule has 0 aliphatic heterocycles. The Morgan fingerprint density at radius 1 is 1.37 bits per heavy atom. The summed E-state index contributed by atoms with van der Waals surface area (Å²) in [5.41, 5.74) is 0.622. The number of rotatable bonds is 6. The summed E-state index contributed by atoms with van der Waals surface area (Å²) in [5.74, 6) is 0.476. The fourth-order valence-corrected chi connectivity index (χ4v) is 1.82. The minimum Gasteiger partial charge on any atom is -0.421 e. The maximum Gasteiger partial charge on any atom is 0.247 e. The first-order valence-electron chi connectivity index (χ1n) is 6.19. The van der Waals surface area contributed by atoms with Gasteiger partial charge in [-0.3, -0.25) is 0 Å². The standard InChI is InChI=1S/C13H15ClFN3O/c1-2-16-7-3-4-12-17-18-13(19-12)9-5-6-11(15)10(14)8-9/h5-6,8,16H,2-4,7H2,1H3. The van der Waals surface area contributed by atoms with Gasteiger partial charge >= 0.3 is 0 Å². The molecule has 0 aliphatic carbocycles. The molecule has 102 valence electrons. The third kappa shape index (κ3) is 3.75. The van der Waals surface area contributed by atoms with E-state index in [0.717, 1.165) is 25.9 Å². The largest absolute Gasteiger partial charge is 0.421 e. The second-order valence-corrected chi connectivity index (χ2v) is 4.49. The third-order valence-electron chi connectivity index (χ3n) is 2.63. The third-order valence-corrected chi connectivity index (χ3v) is 2.92. The van der Waals surface area contributed by atoms with Crippen molar-refractivity contribution in [2.45, 2.75) is 19.8 Å². The van der Waals surface area contributed by atoms with E-state index in [1.54, 1.807) is 6.07 Å². The fourth-order valence-electron chi connectivity index (χ4n) is 1.64. The van der Waals surface area contributed by atoms with Crippen LogP contribution in [0, 0.1) is 5.82 Å². The Kier molecular flexibility index (Phi) is 4.87. The van der Waals surface area contributed by atoms with Gasteiger partial charge in [0.15, 0.2) is 0 Å². The molecule has 0 bridgehead atoms. The minimum absolute atomic E-state index is 0.0457. The number of hydrogen-bond donors (Lipinski definition) is 1. The number of nitrogens with zero attached hydrogens (tertiary/aromatic N) is 2. The Bertz CT molecular complexity index is 544. The van der Waals surface area contributed by atoms with Crippen molar-refractivity contribution in [1.29, 1.82) is 0 Å². The lowest BCUT2D eigenvalue weighted by Gasteiger charge is -1.98. The van der Waals surface area contributed by atoms with Crippen molar-refractivity contribution in [3.05, 3.63) is 34.9 Å². The van der Waals surface area contributed by atoms with Crippen molar-refractivity contribution in [2.24, 2.45) is 0 Å². The average Bonchev–Trinajstić information content (AvgIpc) is 2.87. The summed E-state index contributed by atoms with van der Waals surface area (Å²) in [6.07, 6.45) is 1.65. The van der Waals surface area contributed by atoms with E-state index in [-0.39, 0.29) is 5.02 Å². The SMILES string of the molecule is CCNCCCc1nnc(-c2ccc(F)c(Cl)c2)o1. The van der Waals surface area contributed by atoms with E-state index in [1.807, 2.05) is 0 Å². The van der Waals surface area contributed by atoms with Gasteiger partial charge in [-0.15, -0.1) is 10.2 Å². The van der Waals surface area contributed by atoms with E-state index in [0.29, 0.717) is 17.3 Å². The number of nitrogens with one attached hydrogen (secondary N) is 1. The maximum absolute atomic E-state index is 13.1. The Morgan fingerprint density at radius 2 is 2.21 bits per heavy atom. The molecular weight excluding hydrogens is 269 g/mol. The zero-order valence-electron chi connectivity index (χ0n) is 10.6. The van der Waals surface area contributed by atoms with Crippen LogP contribution in [0.15, 0.2) is 22.6 Å². The Balaban J connectivity index is 2.01. The molecule has 0 spiro atoms. The lowest BCUT2D eigenvalue weighted by Crippen LogP contribution is -2.14. The van der Waals surface area contributed by atoms with Crippen molar-refractivity contribution < 1.29 is 8.81 Å². The molecule has 2 aromatic rings. The van der Waals surface area contributed by atoms with Crippen LogP contribution in [0.3, 0.4) is 0 Å². The van der Waals surface area contributed by atoms with Crippen molar-refractivity contribution in [3.63, 3.8) is 0 Å². The zero-order chi connectivity index (χ0) is 13.7. The quantitative estimate of drug-likeness (QED) is 0.828. The molecule has 0 fully saturated rings. The van der Waals surface area contributed by atoms with E-state index in [9.17, 15) is 4.39 Å². The smallest absolute Gasteiger partial charge is 0.247 e. The van der Waals surface area contributed by atoms with E-state index in [2.05, 4.69) is 22.4 Å². The van der Waals surface area contributed by atoms with Crippen molar-refractivity contribution in [3.8, 4) is 11.5 Å². The molecule has 4 nitrogen and oxygen atoms in total. The molecule has 1 heterocycles. The molecular formula is C13H15ClFN3O. The minimum atomic E-state index is -0.462. The van der Waals surface area contributed by atoms with Gasteiger partial charge in [0.1, 0.15) is 5.82 Å². The topological polar surface area (TPSA) is 51.0 Å². The predicted molar refractivity (Wildman–Crippen MR) is 71.6 cm³/mol. The van der Waals surface area contributed by atoms with Crippen LogP contribution in [-0.4, -0.2) is 23.3 Å². The Labute approximate surface area is 116 Å². The highest BCUT2D eigenvalue weighted by Crippen LogP contribution is 2.24. The summed E-state index contributed by atoms with van der Waals surface area (Å²) in [6, 6.07) is 4.33. The maximum atomic E-state index is 13.1. The summed E-state index contributed by atoms with van der Waals surface area (Å²) in [6.45, 7) is 3.92. The number of aryl methyl sites for hydroxylation is 1. The second kappa shape index (κ2) is 6.63. The van der Waals surface area contributed by atoms with Crippen LogP contribution >= 0.6 is 11.6 Å². The molecule has 0 saturated heterocycles. The van der Waals surface area contributed by atoms with Crippen LogP contribution < -0.4 is 5.32 Å². The molecule has 2 rings (SSSR count). The monoisotopic (exact) mass is 283 g/mol. The normalized spacial score (nSPS) is 10.9. The van der Waals surface area contributed by atoms with Crippen molar-refractivity contribution in [2.75, 3.05) is 13.1 Å². The number of benzene rings is 1. The van der Waals surface area contributed by atoms with Gasteiger partial charge in [0.25, 0.3) is 0 Å². The van der Waals surface area contributed by atoms with Gasteiger partial charge in [0.05, 0.1) is 5.02 Å². The summed E-state index contributed by atoms with van der Waals surface area (Å²) in [4.78, 5) is 0. The van der Waals surface area contributed by atoms with Gasteiger partial charge in [-0.2, -0.15) is 0 Å². The molecule has 0 radical (unpaired) electrons. The molecule has 0 amide bonds. The number of hydrogen-bond acceptors (Lipinski definition) is 4. The van der Waals surface area contributed by atoms with Gasteiger partial charge in [-0.05, 0) is 37.7 Å². The van der Waals surface area contributed by atoms with Gasteiger partial charge < -0.3 is 9.73 Å². The van der Waals surface area contributed by atoms with Crippen LogP contribution in [-0.2, 0) is 6.42 Å². The van der Waals surface area contributed by atoms with E-state index < -0.39 is 5.82 Å². The van der Waals surface area contributed by atoms with Crippen molar-refractivity contribution in [1.82, 2.24) is 15.5 Å². The highest BCUT2D eigenvalue weighted by atomic mass is 35.5. The first kappa shape index (κ1) is 14.0. The molecule has 1 aromatic heterocycles. The second-order valence-electron chi connectivity index (χ2n) is 4.09. The molecule has 0 aliphatic rings. The zero-order valence-corrected chi connectivity index (χ0v) is 11.4. The summed E-state index contributed by atoms with van der Waals surface area (Å²) in [7, 11) is 0. The van der Waals surface area contributed by atoms with Gasteiger partial charge in [-0.25, -0.2) is 4.39 Å². The molecule has 1 N–H and O–H groups in total. The van der Waals surface area contributed by atoms with Crippen LogP contribution in [0.25, 0.3) is 11.5 Å². The molecule has 0 atom stereocenters. The van der Waals surface area contributed by atoms with E-state index in [1.165, 1.54) is 12.1 Å². The van der Waals surface area contributed by atoms with Gasteiger partial charge in [-0.1, -0.05) is 18.5 Å². The van der Waals surface area contributed by atoms with E-state index in [4.69, 9.17) is 16.0 Å². The Morgan fingerprint density at radius 3 is 2.95 bits per heavy atom. The predicted octanol–water partition coefficient (Wildman–Crippen LogP) is 3.07. The van der Waals surface area contributed by atoms with Crippen LogP contribution in [0.1, 0.15) is 19.2 Å². The van der Waals surface area contributed by atoms with Gasteiger partial charge in [0.2, 0.25) is 11.8 Å².